The van der Waals surface area contributed by atoms with Crippen molar-refractivity contribution >= 4 is 11.6 Å². The second-order valence-corrected chi connectivity index (χ2v) is 5.70. The number of piperidine rings is 1. The summed E-state index contributed by atoms with van der Waals surface area (Å²) in [5, 5.41) is 10.8. The van der Waals surface area contributed by atoms with Gasteiger partial charge < -0.3 is 9.84 Å². The van der Waals surface area contributed by atoms with Crippen LogP contribution in [0.2, 0.25) is 5.02 Å². The Kier molecular flexibility index (Phi) is 4.15. The molecule has 1 aromatic carbocycles. The zero-order valence-electron chi connectivity index (χ0n) is 10.9. The van der Waals surface area contributed by atoms with Gasteiger partial charge in [0.25, 0.3) is 0 Å². The summed E-state index contributed by atoms with van der Waals surface area (Å²) in [6.45, 7) is 4.36. The molecule has 4 heteroatoms. The van der Waals surface area contributed by atoms with Crippen LogP contribution in [0, 0.1) is 0 Å². The van der Waals surface area contributed by atoms with Crippen LogP contribution in [0.3, 0.4) is 0 Å². The van der Waals surface area contributed by atoms with E-state index in [9.17, 15) is 5.11 Å². The number of hydrogen-bond acceptors (Lipinski definition) is 3. The highest BCUT2D eigenvalue weighted by atomic mass is 35.5. The molecule has 18 heavy (non-hydrogen) atoms. The molecule has 1 fully saturated rings. The molecule has 1 heterocycles. The zero-order chi connectivity index (χ0) is 13.2. The summed E-state index contributed by atoms with van der Waals surface area (Å²) < 4.78 is 5.35. The first-order valence-corrected chi connectivity index (χ1v) is 6.65. The van der Waals surface area contributed by atoms with Crippen LogP contribution in [0.4, 0.5) is 0 Å². The molecule has 3 nitrogen and oxygen atoms in total. The number of rotatable bonds is 3. The molecule has 0 amide bonds. The van der Waals surface area contributed by atoms with Gasteiger partial charge in [0.05, 0.1) is 12.7 Å². The van der Waals surface area contributed by atoms with Gasteiger partial charge in [0.15, 0.2) is 0 Å². The van der Waals surface area contributed by atoms with Crippen molar-refractivity contribution in [3.8, 4) is 5.75 Å². The van der Waals surface area contributed by atoms with Gasteiger partial charge in [-0.3, -0.25) is 4.90 Å². The van der Waals surface area contributed by atoms with E-state index < -0.39 is 5.60 Å². The van der Waals surface area contributed by atoms with Crippen molar-refractivity contribution in [1.29, 1.82) is 0 Å². The minimum absolute atomic E-state index is 0.579. The molecule has 0 aliphatic carbocycles. The monoisotopic (exact) mass is 269 g/mol. The molecule has 1 saturated heterocycles. The van der Waals surface area contributed by atoms with Crippen LogP contribution in [0.15, 0.2) is 18.2 Å². The minimum Gasteiger partial charge on any atom is -0.496 e. The van der Waals surface area contributed by atoms with Gasteiger partial charge in [-0.05, 0) is 44.5 Å². The van der Waals surface area contributed by atoms with Crippen molar-refractivity contribution in [3.63, 3.8) is 0 Å². The van der Waals surface area contributed by atoms with E-state index >= 15 is 0 Å². The first-order valence-electron chi connectivity index (χ1n) is 6.27. The molecule has 0 bridgehead atoms. The molecule has 1 aliphatic heterocycles. The Morgan fingerprint density at radius 1 is 1.50 bits per heavy atom. The Hall–Kier alpha value is -0.770. The summed E-state index contributed by atoms with van der Waals surface area (Å²) in [6.07, 6.45) is 1.89. The molecule has 0 saturated carbocycles. The number of ether oxygens (including phenoxy) is 1. The van der Waals surface area contributed by atoms with Crippen molar-refractivity contribution in [2.45, 2.75) is 31.9 Å². The van der Waals surface area contributed by atoms with Gasteiger partial charge >= 0.3 is 0 Å². The lowest BCUT2D eigenvalue weighted by Crippen LogP contribution is -2.45. The standard InChI is InChI=1S/C14H20ClNO2/c1-14(17)6-3-7-16(10-14)9-11-8-12(15)4-5-13(11)18-2/h4-5,8,17H,3,6-7,9-10H2,1-2H3. The van der Waals surface area contributed by atoms with Crippen molar-refractivity contribution in [1.82, 2.24) is 4.90 Å². The predicted octanol–water partition coefficient (Wildman–Crippen LogP) is 2.70. The molecule has 2 rings (SSSR count). The maximum atomic E-state index is 10.1. The summed E-state index contributed by atoms with van der Waals surface area (Å²) >= 11 is 6.02. The second kappa shape index (κ2) is 5.47. The van der Waals surface area contributed by atoms with Crippen LogP contribution in [-0.2, 0) is 6.54 Å². The Balaban J connectivity index is 2.11. The van der Waals surface area contributed by atoms with E-state index in [0.717, 1.165) is 42.3 Å². The van der Waals surface area contributed by atoms with Crippen molar-refractivity contribution < 1.29 is 9.84 Å². The van der Waals surface area contributed by atoms with Crippen LogP contribution in [-0.4, -0.2) is 35.8 Å². The third-order valence-electron chi connectivity index (χ3n) is 3.39. The van der Waals surface area contributed by atoms with Gasteiger partial charge in [0.2, 0.25) is 0 Å². The lowest BCUT2D eigenvalue weighted by molar-refractivity contribution is -0.0183. The third-order valence-corrected chi connectivity index (χ3v) is 3.63. The number of aliphatic hydroxyl groups is 1. The number of hydrogen-bond donors (Lipinski definition) is 1. The molecule has 0 radical (unpaired) electrons. The maximum Gasteiger partial charge on any atom is 0.123 e. The van der Waals surface area contributed by atoms with E-state index in [0.29, 0.717) is 6.54 Å². The van der Waals surface area contributed by atoms with E-state index in [1.54, 1.807) is 7.11 Å². The largest absolute Gasteiger partial charge is 0.496 e. The summed E-state index contributed by atoms with van der Waals surface area (Å²) in [4.78, 5) is 2.25. The quantitative estimate of drug-likeness (QED) is 0.916. The van der Waals surface area contributed by atoms with Crippen LogP contribution in [0.25, 0.3) is 0 Å². The topological polar surface area (TPSA) is 32.7 Å². The van der Waals surface area contributed by atoms with Gasteiger partial charge in [-0.2, -0.15) is 0 Å². The summed E-state index contributed by atoms with van der Waals surface area (Å²) in [5.74, 6) is 0.851. The first-order chi connectivity index (χ1) is 8.50. The zero-order valence-corrected chi connectivity index (χ0v) is 11.7. The van der Waals surface area contributed by atoms with Gasteiger partial charge in [-0.1, -0.05) is 11.6 Å². The highest BCUT2D eigenvalue weighted by molar-refractivity contribution is 6.30. The molecule has 1 aromatic rings. The van der Waals surface area contributed by atoms with Crippen molar-refractivity contribution in [2.75, 3.05) is 20.2 Å². The van der Waals surface area contributed by atoms with Crippen molar-refractivity contribution in [2.24, 2.45) is 0 Å². The minimum atomic E-state index is -0.579. The molecule has 1 N–H and O–H groups in total. The number of β-amino-alcohol motifs (C(OH)–C–C–N with tert-alkyl or cyclic N) is 1. The van der Waals surface area contributed by atoms with Gasteiger partial charge in [-0.25, -0.2) is 0 Å². The molecule has 0 aromatic heterocycles. The first kappa shape index (κ1) is 13.7. The molecular formula is C14H20ClNO2. The third kappa shape index (κ3) is 3.37. The fraction of sp³-hybridized carbons (Fsp3) is 0.571. The summed E-state index contributed by atoms with van der Waals surface area (Å²) in [6, 6.07) is 5.65. The fourth-order valence-electron chi connectivity index (χ4n) is 2.57. The van der Waals surface area contributed by atoms with Crippen LogP contribution < -0.4 is 4.74 Å². The summed E-state index contributed by atoms with van der Waals surface area (Å²) in [5.41, 5.74) is 0.493. The van der Waals surface area contributed by atoms with Crippen molar-refractivity contribution in [3.05, 3.63) is 28.8 Å². The average molecular weight is 270 g/mol. The van der Waals surface area contributed by atoms with E-state index in [2.05, 4.69) is 4.90 Å². The molecule has 1 aliphatic rings. The number of halogens is 1. The highest BCUT2D eigenvalue weighted by Gasteiger charge is 2.28. The number of methoxy groups -OCH3 is 1. The SMILES string of the molecule is COc1ccc(Cl)cc1CN1CCCC(C)(O)C1. The van der Waals surface area contributed by atoms with Crippen LogP contribution >= 0.6 is 11.6 Å². The Morgan fingerprint density at radius 3 is 2.94 bits per heavy atom. The lowest BCUT2D eigenvalue weighted by Gasteiger charge is -2.37. The van der Waals surface area contributed by atoms with E-state index in [1.165, 1.54) is 0 Å². The van der Waals surface area contributed by atoms with Gasteiger partial charge in [0.1, 0.15) is 5.75 Å². The smallest absolute Gasteiger partial charge is 0.123 e. The number of nitrogens with zero attached hydrogens (tertiary/aromatic N) is 1. The molecule has 0 spiro atoms. The van der Waals surface area contributed by atoms with E-state index in [4.69, 9.17) is 16.3 Å². The van der Waals surface area contributed by atoms with Gasteiger partial charge in [-0.15, -0.1) is 0 Å². The second-order valence-electron chi connectivity index (χ2n) is 5.27. The van der Waals surface area contributed by atoms with E-state index in [-0.39, 0.29) is 0 Å². The highest BCUT2D eigenvalue weighted by Crippen LogP contribution is 2.27. The Labute approximate surface area is 113 Å². The number of likely N-dealkylation sites (tertiary alicyclic amines) is 1. The fourth-order valence-corrected chi connectivity index (χ4v) is 2.76. The van der Waals surface area contributed by atoms with Gasteiger partial charge in [0, 0.05) is 23.7 Å². The maximum absolute atomic E-state index is 10.1. The molecule has 100 valence electrons. The Bertz CT molecular complexity index is 420. The number of benzene rings is 1. The molecule has 1 atom stereocenters. The molecule has 1 unspecified atom stereocenters. The lowest BCUT2D eigenvalue weighted by atomic mass is 9.95. The predicted molar refractivity (Wildman–Crippen MR) is 73.1 cm³/mol. The van der Waals surface area contributed by atoms with E-state index in [1.807, 2.05) is 25.1 Å². The average Bonchev–Trinajstić information content (AvgIpc) is 2.28. The molecular weight excluding hydrogens is 250 g/mol. The Morgan fingerprint density at radius 2 is 2.28 bits per heavy atom. The normalized spacial score (nSPS) is 25.1. The van der Waals surface area contributed by atoms with Crippen LogP contribution in [0.1, 0.15) is 25.3 Å². The van der Waals surface area contributed by atoms with Crippen LogP contribution in [0.5, 0.6) is 5.75 Å². The summed E-state index contributed by atoms with van der Waals surface area (Å²) in [7, 11) is 1.67.